The fourth-order valence-electron chi connectivity index (χ4n) is 2.30. The Labute approximate surface area is 155 Å². The van der Waals surface area contributed by atoms with E-state index in [0.29, 0.717) is 16.6 Å². The number of imidazole rings is 1. The molecule has 0 bridgehead atoms. The smallest absolute Gasteiger partial charge is 0.236 e. The second kappa shape index (κ2) is 7.17. The topological polar surface area (TPSA) is 59.3 Å². The molecule has 0 radical (unpaired) electrons. The molecule has 3 rings (SSSR count). The third kappa shape index (κ3) is 4.61. The van der Waals surface area contributed by atoms with Crippen LogP contribution in [0.25, 0.3) is 5.65 Å². The van der Waals surface area contributed by atoms with Crippen molar-refractivity contribution in [1.82, 2.24) is 14.4 Å². The Morgan fingerprint density at radius 2 is 2.08 bits per heavy atom. The Morgan fingerprint density at radius 1 is 1.28 bits per heavy atom. The molecule has 1 N–H and O–H groups in total. The van der Waals surface area contributed by atoms with Gasteiger partial charge in [0.1, 0.15) is 5.65 Å². The molecule has 0 atom stereocenters. The summed E-state index contributed by atoms with van der Waals surface area (Å²) in [5.41, 5.74) is 4.10. The van der Waals surface area contributed by atoms with Gasteiger partial charge in [-0.15, -0.1) is 23.1 Å². The minimum Gasteiger partial charge on any atom is -0.307 e. The van der Waals surface area contributed by atoms with E-state index in [0.717, 1.165) is 17.0 Å². The quantitative estimate of drug-likeness (QED) is 0.724. The molecule has 132 valence electrons. The third-order valence-electron chi connectivity index (χ3n) is 3.65. The molecule has 1 amide bonds. The van der Waals surface area contributed by atoms with Crippen LogP contribution in [-0.2, 0) is 16.0 Å². The summed E-state index contributed by atoms with van der Waals surface area (Å²) in [4.78, 5) is 21.1. The lowest BCUT2D eigenvalue weighted by atomic mass is 9.93. The van der Waals surface area contributed by atoms with Crippen molar-refractivity contribution in [3.8, 4) is 0 Å². The molecule has 0 aliphatic carbocycles. The maximum atomic E-state index is 12.1. The van der Waals surface area contributed by atoms with Gasteiger partial charge in [-0.1, -0.05) is 26.8 Å². The van der Waals surface area contributed by atoms with Gasteiger partial charge in [0.05, 0.1) is 17.1 Å². The first kappa shape index (κ1) is 17.9. The van der Waals surface area contributed by atoms with E-state index in [1.807, 2.05) is 28.1 Å². The number of aromatic nitrogens is 3. The summed E-state index contributed by atoms with van der Waals surface area (Å²) < 4.78 is 2.02. The van der Waals surface area contributed by atoms with Crippen molar-refractivity contribution in [3.63, 3.8) is 0 Å². The Bertz CT molecular complexity index is 892. The van der Waals surface area contributed by atoms with Gasteiger partial charge in [-0.2, -0.15) is 0 Å². The summed E-state index contributed by atoms with van der Waals surface area (Å²) in [6.07, 6.45) is 4.07. The van der Waals surface area contributed by atoms with Crippen LogP contribution in [0.4, 0.5) is 5.13 Å². The van der Waals surface area contributed by atoms with Gasteiger partial charge in [0, 0.05) is 28.9 Å². The lowest BCUT2D eigenvalue weighted by Crippen LogP contribution is -2.15. The van der Waals surface area contributed by atoms with Crippen LogP contribution in [0.2, 0.25) is 0 Å². The minimum atomic E-state index is -0.0283. The Morgan fingerprint density at radius 3 is 2.80 bits per heavy atom. The van der Waals surface area contributed by atoms with Crippen LogP contribution < -0.4 is 5.32 Å². The van der Waals surface area contributed by atoms with Gasteiger partial charge < -0.3 is 9.72 Å². The molecule has 0 aliphatic heterocycles. The third-order valence-corrected chi connectivity index (χ3v) is 5.37. The van der Waals surface area contributed by atoms with Crippen LogP contribution in [0.3, 0.4) is 0 Å². The number of nitrogens with zero attached hydrogens (tertiary/aromatic N) is 3. The van der Waals surface area contributed by atoms with Crippen molar-refractivity contribution >= 4 is 39.8 Å². The first-order valence-corrected chi connectivity index (χ1v) is 10.1. The number of thioether (sulfide) groups is 1. The van der Waals surface area contributed by atoms with Crippen molar-refractivity contribution in [2.24, 2.45) is 0 Å². The van der Waals surface area contributed by atoms with E-state index in [1.165, 1.54) is 16.9 Å². The molecule has 3 heterocycles. The highest BCUT2D eigenvalue weighted by Gasteiger charge is 2.18. The number of carbonyl (C=O) groups is 1. The maximum Gasteiger partial charge on any atom is 0.236 e. The van der Waals surface area contributed by atoms with Crippen LogP contribution in [0.15, 0.2) is 29.9 Å². The normalized spacial score (nSPS) is 11.8. The van der Waals surface area contributed by atoms with Crippen LogP contribution >= 0.6 is 23.1 Å². The molecule has 3 aromatic heterocycles. The monoisotopic (exact) mass is 374 g/mol. The fraction of sp³-hybridized carbons (Fsp3) is 0.389. The van der Waals surface area contributed by atoms with E-state index >= 15 is 0 Å². The van der Waals surface area contributed by atoms with Gasteiger partial charge in [-0.3, -0.25) is 4.79 Å². The summed E-state index contributed by atoms with van der Waals surface area (Å²) in [5.74, 6) is 1.07. The zero-order valence-corrected chi connectivity index (χ0v) is 16.5. The highest BCUT2D eigenvalue weighted by molar-refractivity contribution is 7.99. The van der Waals surface area contributed by atoms with Crippen LogP contribution in [0.1, 0.15) is 37.7 Å². The van der Waals surface area contributed by atoms with Crippen LogP contribution in [0.5, 0.6) is 0 Å². The van der Waals surface area contributed by atoms with Gasteiger partial charge in [0.2, 0.25) is 5.91 Å². The van der Waals surface area contributed by atoms with E-state index in [1.54, 1.807) is 11.8 Å². The van der Waals surface area contributed by atoms with Crippen molar-refractivity contribution in [1.29, 1.82) is 0 Å². The largest absolute Gasteiger partial charge is 0.307 e. The first-order valence-electron chi connectivity index (χ1n) is 8.09. The minimum absolute atomic E-state index is 0.00426. The molecule has 0 saturated heterocycles. The number of thiazole rings is 1. The molecule has 3 aromatic rings. The number of nitrogens with one attached hydrogen (secondary N) is 1. The Balaban J connectivity index is 1.51. The Hall–Kier alpha value is -1.86. The SMILES string of the molecule is Cc1ccc2nc(CSCC(=O)Nc3nc(C(C)(C)C)cs3)cn2c1. The van der Waals surface area contributed by atoms with Crippen LogP contribution in [0, 0.1) is 6.92 Å². The highest BCUT2D eigenvalue weighted by atomic mass is 32.2. The van der Waals surface area contributed by atoms with Gasteiger partial charge in [-0.25, -0.2) is 9.97 Å². The molecule has 25 heavy (non-hydrogen) atoms. The molecule has 7 heteroatoms. The predicted octanol–water partition coefficient (Wildman–Crippen LogP) is 4.27. The summed E-state index contributed by atoms with van der Waals surface area (Å²) in [7, 11) is 0. The number of hydrogen-bond acceptors (Lipinski definition) is 5. The van der Waals surface area contributed by atoms with E-state index in [4.69, 9.17) is 0 Å². The van der Waals surface area contributed by atoms with Gasteiger partial charge in [0.25, 0.3) is 0 Å². The fourth-order valence-corrected chi connectivity index (χ4v) is 3.97. The average molecular weight is 375 g/mol. The summed E-state index contributed by atoms with van der Waals surface area (Å²) in [6, 6.07) is 4.05. The number of aryl methyl sites for hydroxylation is 1. The predicted molar refractivity (Wildman–Crippen MR) is 106 cm³/mol. The van der Waals surface area contributed by atoms with Gasteiger partial charge in [0.15, 0.2) is 5.13 Å². The standard InChI is InChI=1S/C18H22N4OS2/c1-12-5-6-15-19-13(8-22(15)7-12)9-24-11-16(23)21-17-20-14(10-25-17)18(2,3)4/h5-8,10H,9,11H2,1-4H3,(H,20,21,23). The number of fused-ring (bicyclic) bond motifs is 1. The summed E-state index contributed by atoms with van der Waals surface area (Å²) in [6.45, 7) is 8.39. The van der Waals surface area contributed by atoms with Crippen molar-refractivity contribution < 1.29 is 4.79 Å². The average Bonchev–Trinajstić information content (AvgIpc) is 3.12. The van der Waals surface area contributed by atoms with E-state index in [2.05, 4.69) is 49.2 Å². The number of pyridine rings is 1. The second-order valence-electron chi connectivity index (χ2n) is 7.03. The number of rotatable bonds is 5. The van der Waals surface area contributed by atoms with E-state index in [9.17, 15) is 4.79 Å². The zero-order chi connectivity index (χ0) is 18.0. The van der Waals surface area contributed by atoms with Crippen LogP contribution in [-0.4, -0.2) is 26.0 Å². The Kier molecular flexibility index (Phi) is 5.15. The van der Waals surface area contributed by atoms with Gasteiger partial charge >= 0.3 is 0 Å². The molecular weight excluding hydrogens is 352 g/mol. The lowest BCUT2D eigenvalue weighted by molar-refractivity contribution is -0.113. The lowest BCUT2D eigenvalue weighted by Gasteiger charge is -2.14. The van der Waals surface area contributed by atoms with E-state index in [-0.39, 0.29) is 11.3 Å². The number of carbonyl (C=O) groups excluding carboxylic acids is 1. The maximum absolute atomic E-state index is 12.1. The number of hydrogen-bond donors (Lipinski definition) is 1. The van der Waals surface area contributed by atoms with Gasteiger partial charge in [-0.05, 0) is 18.6 Å². The van der Waals surface area contributed by atoms with E-state index < -0.39 is 0 Å². The zero-order valence-electron chi connectivity index (χ0n) is 14.9. The molecule has 0 fully saturated rings. The van der Waals surface area contributed by atoms with Crippen molar-refractivity contribution in [2.45, 2.75) is 38.9 Å². The second-order valence-corrected chi connectivity index (χ2v) is 8.88. The number of anilines is 1. The molecule has 0 aromatic carbocycles. The first-order chi connectivity index (χ1) is 11.8. The molecule has 0 spiro atoms. The molecule has 0 unspecified atom stereocenters. The van der Waals surface area contributed by atoms with Crippen molar-refractivity contribution in [2.75, 3.05) is 11.1 Å². The highest BCUT2D eigenvalue weighted by Crippen LogP contribution is 2.26. The summed E-state index contributed by atoms with van der Waals surface area (Å²) in [5, 5.41) is 5.54. The molecule has 0 aliphatic rings. The summed E-state index contributed by atoms with van der Waals surface area (Å²) >= 11 is 3.03. The van der Waals surface area contributed by atoms with Crippen molar-refractivity contribution in [3.05, 3.63) is 46.9 Å². The molecule has 0 saturated carbocycles. The molecule has 5 nitrogen and oxygen atoms in total. The molecular formula is C18H22N4OS2. The number of amides is 1.